The number of rotatable bonds is 6. The first-order valence-corrected chi connectivity index (χ1v) is 13.1. The van der Waals surface area contributed by atoms with Crippen molar-refractivity contribution in [2.75, 3.05) is 19.3 Å². The van der Waals surface area contributed by atoms with Crippen LogP contribution in [0.1, 0.15) is 31.4 Å². The standard InChI is InChI=1S/C21H26N2O5S2/c1-16(17-8-10-19(11-9-17)29(2,25)26)22-21(24)18-12-14-23(15-13-18)30(27,28)20-6-4-3-5-7-20/h3-11,16,18H,12-15H2,1-2H3,(H,22,24)/t16-/m0/s1. The number of benzene rings is 2. The lowest BCUT2D eigenvalue weighted by molar-refractivity contribution is -0.126. The fourth-order valence-electron chi connectivity index (χ4n) is 3.52. The Morgan fingerprint density at radius 2 is 1.50 bits per heavy atom. The maximum atomic E-state index is 12.7. The highest BCUT2D eigenvalue weighted by atomic mass is 32.2. The zero-order chi connectivity index (χ0) is 21.9. The number of carbonyl (C=O) groups is 1. The summed E-state index contributed by atoms with van der Waals surface area (Å²) in [6.07, 6.45) is 2.06. The van der Waals surface area contributed by atoms with Gasteiger partial charge < -0.3 is 5.32 Å². The maximum Gasteiger partial charge on any atom is 0.243 e. The fraction of sp³-hybridized carbons (Fsp3) is 0.381. The van der Waals surface area contributed by atoms with Crippen molar-refractivity contribution in [3.8, 4) is 0 Å². The van der Waals surface area contributed by atoms with Crippen LogP contribution < -0.4 is 5.32 Å². The first-order chi connectivity index (χ1) is 14.1. The fourth-order valence-corrected chi connectivity index (χ4v) is 5.64. The first kappa shape index (κ1) is 22.5. The third kappa shape index (κ3) is 5.08. The summed E-state index contributed by atoms with van der Waals surface area (Å²) in [6.45, 7) is 2.43. The van der Waals surface area contributed by atoms with Gasteiger partial charge in [-0.1, -0.05) is 30.3 Å². The molecule has 3 rings (SSSR count). The maximum absolute atomic E-state index is 12.7. The van der Waals surface area contributed by atoms with Crippen molar-refractivity contribution in [3.63, 3.8) is 0 Å². The lowest BCUT2D eigenvalue weighted by Gasteiger charge is -2.31. The van der Waals surface area contributed by atoms with E-state index in [1.807, 2.05) is 6.92 Å². The minimum atomic E-state index is -3.54. The predicted octanol–water partition coefficient (Wildman–Crippen LogP) is 2.37. The highest BCUT2D eigenvalue weighted by molar-refractivity contribution is 7.90. The Hall–Kier alpha value is -2.23. The Balaban J connectivity index is 1.58. The summed E-state index contributed by atoms with van der Waals surface area (Å²) in [4.78, 5) is 13.2. The van der Waals surface area contributed by atoms with Crippen molar-refractivity contribution < 1.29 is 21.6 Å². The average molecular weight is 451 g/mol. The predicted molar refractivity (Wildman–Crippen MR) is 114 cm³/mol. The molecule has 1 atom stereocenters. The summed E-state index contributed by atoms with van der Waals surface area (Å²) in [5.74, 6) is -0.378. The normalized spacial score (nSPS) is 17.4. The first-order valence-electron chi connectivity index (χ1n) is 9.74. The van der Waals surface area contributed by atoms with Gasteiger partial charge in [-0.2, -0.15) is 4.31 Å². The second-order valence-electron chi connectivity index (χ2n) is 7.56. The van der Waals surface area contributed by atoms with Gasteiger partial charge in [-0.3, -0.25) is 4.79 Å². The molecule has 2 aromatic rings. The largest absolute Gasteiger partial charge is 0.349 e. The van der Waals surface area contributed by atoms with Gasteiger partial charge in [0, 0.05) is 25.3 Å². The zero-order valence-electron chi connectivity index (χ0n) is 17.0. The van der Waals surface area contributed by atoms with Crippen molar-refractivity contribution >= 4 is 25.8 Å². The number of nitrogens with zero attached hydrogens (tertiary/aromatic N) is 1. The number of hydrogen-bond donors (Lipinski definition) is 1. The number of sulfone groups is 1. The van der Waals surface area contributed by atoms with Crippen LogP contribution in [0.15, 0.2) is 64.4 Å². The van der Waals surface area contributed by atoms with E-state index >= 15 is 0 Å². The molecule has 1 saturated heterocycles. The molecular weight excluding hydrogens is 424 g/mol. The van der Waals surface area contributed by atoms with Gasteiger partial charge in [-0.25, -0.2) is 16.8 Å². The molecule has 0 aromatic heterocycles. The van der Waals surface area contributed by atoms with Gasteiger partial charge in [-0.05, 0) is 49.6 Å². The number of piperidine rings is 1. The summed E-state index contributed by atoms with van der Waals surface area (Å²) in [5, 5.41) is 2.95. The summed E-state index contributed by atoms with van der Waals surface area (Å²) >= 11 is 0. The molecule has 1 N–H and O–H groups in total. The van der Waals surface area contributed by atoms with Crippen LogP contribution in [0.25, 0.3) is 0 Å². The van der Waals surface area contributed by atoms with Crippen LogP contribution in [-0.4, -0.2) is 46.4 Å². The number of amides is 1. The number of nitrogens with one attached hydrogen (secondary N) is 1. The van der Waals surface area contributed by atoms with Crippen LogP contribution >= 0.6 is 0 Å². The quantitative estimate of drug-likeness (QED) is 0.728. The van der Waals surface area contributed by atoms with Crippen LogP contribution in [0.4, 0.5) is 0 Å². The number of carbonyl (C=O) groups excluding carboxylic acids is 1. The average Bonchev–Trinajstić information content (AvgIpc) is 2.74. The van der Waals surface area contributed by atoms with E-state index in [0.717, 1.165) is 11.8 Å². The Labute approximate surface area is 178 Å². The van der Waals surface area contributed by atoms with E-state index in [1.165, 1.54) is 16.4 Å². The molecule has 0 radical (unpaired) electrons. The Bertz CT molecular complexity index is 1090. The molecule has 9 heteroatoms. The Morgan fingerprint density at radius 1 is 0.933 bits per heavy atom. The molecular formula is C21H26N2O5S2. The molecule has 2 aromatic carbocycles. The molecule has 162 valence electrons. The van der Waals surface area contributed by atoms with Crippen molar-refractivity contribution in [3.05, 3.63) is 60.2 Å². The smallest absolute Gasteiger partial charge is 0.243 e. The van der Waals surface area contributed by atoms with Crippen molar-refractivity contribution in [1.29, 1.82) is 0 Å². The van der Waals surface area contributed by atoms with Crippen molar-refractivity contribution in [2.24, 2.45) is 5.92 Å². The molecule has 0 unspecified atom stereocenters. The Kier molecular flexibility index (Phi) is 6.64. The highest BCUT2D eigenvalue weighted by Crippen LogP contribution is 2.25. The lowest BCUT2D eigenvalue weighted by atomic mass is 9.96. The van der Waals surface area contributed by atoms with E-state index < -0.39 is 19.9 Å². The van der Waals surface area contributed by atoms with E-state index in [1.54, 1.807) is 42.5 Å². The lowest BCUT2D eigenvalue weighted by Crippen LogP contribution is -2.43. The molecule has 1 fully saturated rings. The molecule has 30 heavy (non-hydrogen) atoms. The molecule has 0 bridgehead atoms. The van der Waals surface area contributed by atoms with Crippen LogP contribution in [0.5, 0.6) is 0 Å². The molecule has 0 saturated carbocycles. The van der Waals surface area contributed by atoms with Gasteiger partial charge in [0.1, 0.15) is 0 Å². The summed E-state index contributed by atoms with van der Waals surface area (Å²) in [7, 11) is -6.80. The van der Waals surface area contributed by atoms with E-state index in [2.05, 4.69) is 5.32 Å². The van der Waals surface area contributed by atoms with E-state index in [4.69, 9.17) is 0 Å². The summed E-state index contributed by atoms with van der Waals surface area (Å²) in [6, 6.07) is 14.5. The monoisotopic (exact) mass is 450 g/mol. The highest BCUT2D eigenvalue weighted by Gasteiger charge is 2.32. The Morgan fingerprint density at radius 3 is 2.03 bits per heavy atom. The van der Waals surface area contributed by atoms with Gasteiger partial charge in [0.25, 0.3) is 0 Å². The van der Waals surface area contributed by atoms with Crippen LogP contribution in [-0.2, 0) is 24.7 Å². The molecule has 1 aliphatic heterocycles. The zero-order valence-corrected chi connectivity index (χ0v) is 18.6. The van der Waals surface area contributed by atoms with Gasteiger partial charge in [0.2, 0.25) is 15.9 Å². The van der Waals surface area contributed by atoms with E-state index in [-0.39, 0.29) is 27.7 Å². The van der Waals surface area contributed by atoms with Crippen LogP contribution in [0, 0.1) is 5.92 Å². The third-order valence-corrected chi connectivity index (χ3v) is 8.41. The minimum Gasteiger partial charge on any atom is -0.349 e. The summed E-state index contributed by atoms with van der Waals surface area (Å²) < 4.78 is 50.0. The van der Waals surface area contributed by atoms with E-state index in [9.17, 15) is 21.6 Å². The van der Waals surface area contributed by atoms with Gasteiger partial charge in [0.05, 0.1) is 15.8 Å². The van der Waals surface area contributed by atoms with Crippen molar-refractivity contribution in [2.45, 2.75) is 35.6 Å². The topological polar surface area (TPSA) is 101 Å². The van der Waals surface area contributed by atoms with Crippen LogP contribution in [0.3, 0.4) is 0 Å². The third-order valence-electron chi connectivity index (χ3n) is 5.37. The van der Waals surface area contributed by atoms with Gasteiger partial charge in [-0.15, -0.1) is 0 Å². The molecule has 1 amide bonds. The van der Waals surface area contributed by atoms with E-state index in [0.29, 0.717) is 25.9 Å². The van der Waals surface area contributed by atoms with Crippen LogP contribution in [0.2, 0.25) is 0 Å². The molecule has 1 aliphatic rings. The minimum absolute atomic E-state index is 0.119. The van der Waals surface area contributed by atoms with Gasteiger partial charge >= 0.3 is 0 Å². The van der Waals surface area contributed by atoms with Crippen molar-refractivity contribution in [1.82, 2.24) is 9.62 Å². The summed E-state index contributed by atoms with van der Waals surface area (Å²) in [5.41, 5.74) is 0.805. The second kappa shape index (κ2) is 8.87. The van der Waals surface area contributed by atoms with Gasteiger partial charge in [0.15, 0.2) is 9.84 Å². The molecule has 0 spiro atoms. The molecule has 7 nitrogen and oxygen atoms in total. The number of sulfonamides is 1. The second-order valence-corrected chi connectivity index (χ2v) is 11.5. The molecule has 0 aliphatic carbocycles. The molecule has 1 heterocycles. The number of hydrogen-bond acceptors (Lipinski definition) is 5. The SMILES string of the molecule is C[C@H](NC(=O)C1CCN(S(=O)(=O)c2ccccc2)CC1)c1ccc(S(C)(=O)=O)cc1.